The molecule has 4 heteroatoms. The van der Waals surface area contributed by atoms with Crippen molar-refractivity contribution in [3.05, 3.63) is 59.2 Å². The van der Waals surface area contributed by atoms with Crippen LogP contribution in [0, 0.1) is 0 Å². The summed E-state index contributed by atoms with van der Waals surface area (Å²) in [7, 11) is 0. The molecular weight excluding hydrogens is 320 g/mol. The van der Waals surface area contributed by atoms with Crippen molar-refractivity contribution >= 4 is 29.7 Å². The molecule has 2 aromatic carbocycles. The Hall–Kier alpha value is -2.00. The first-order valence-corrected chi connectivity index (χ1v) is 8.18. The summed E-state index contributed by atoms with van der Waals surface area (Å²) >= 11 is 0. The average molecular weight is 345 g/mol. The second-order valence-electron chi connectivity index (χ2n) is 7.23. The summed E-state index contributed by atoms with van der Waals surface area (Å²) in [5, 5.41) is 0. The normalized spacial score (nSPS) is 13.9. The van der Waals surface area contributed by atoms with Crippen LogP contribution in [-0.2, 0) is 11.8 Å². The van der Waals surface area contributed by atoms with Gasteiger partial charge in [0, 0.05) is 23.5 Å². The third kappa shape index (κ3) is 3.41. The zero-order chi connectivity index (χ0) is 16.6. The molecule has 1 amide bonds. The first-order chi connectivity index (χ1) is 10.9. The first kappa shape index (κ1) is 18.3. The fourth-order valence-corrected chi connectivity index (χ4v) is 3.13. The van der Waals surface area contributed by atoms with Gasteiger partial charge in [-0.25, -0.2) is 0 Å². The molecule has 3 rings (SSSR count). The maximum absolute atomic E-state index is 12.9. The van der Waals surface area contributed by atoms with Crippen LogP contribution in [0.3, 0.4) is 0 Å². The molecule has 3 nitrogen and oxygen atoms in total. The van der Waals surface area contributed by atoms with Crippen LogP contribution in [0.2, 0.25) is 0 Å². The van der Waals surface area contributed by atoms with E-state index in [1.807, 2.05) is 35.2 Å². The Balaban J connectivity index is 0.00000208. The van der Waals surface area contributed by atoms with Crippen LogP contribution in [-0.4, -0.2) is 12.5 Å². The molecule has 0 saturated heterocycles. The van der Waals surface area contributed by atoms with E-state index in [9.17, 15) is 4.79 Å². The molecule has 2 N–H and O–H groups in total. The minimum Gasteiger partial charge on any atom is -0.398 e. The minimum atomic E-state index is 0. The molecule has 2 aromatic rings. The van der Waals surface area contributed by atoms with E-state index in [2.05, 4.69) is 32.9 Å². The monoisotopic (exact) mass is 344 g/mol. The zero-order valence-corrected chi connectivity index (χ0v) is 15.3. The standard InChI is InChI=1S/C20H24N2O.ClH/c1-20(2,3)15-11-9-14(10-12-15)19(23)22-13-5-6-16-17(21)7-4-8-18(16)22;/h4,7-12H,5-6,13,21H2,1-3H3;1H. The average Bonchev–Trinajstić information content (AvgIpc) is 2.53. The number of nitrogens with two attached hydrogens (primary N) is 1. The van der Waals surface area contributed by atoms with Gasteiger partial charge in [0.25, 0.3) is 5.91 Å². The summed E-state index contributed by atoms with van der Waals surface area (Å²) in [6, 6.07) is 13.8. The van der Waals surface area contributed by atoms with Gasteiger partial charge in [-0.05, 0) is 53.6 Å². The van der Waals surface area contributed by atoms with Gasteiger partial charge in [0.05, 0.1) is 0 Å². The van der Waals surface area contributed by atoms with E-state index in [1.165, 1.54) is 5.56 Å². The molecule has 0 atom stereocenters. The van der Waals surface area contributed by atoms with Crippen molar-refractivity contribution in [2.45, 2.75) is 39.0 Å². The third-order valence-corrected chi connectivity index (χ3v) is 4.53. The summed E-state index contributed by atoms with van der Waals surface area (Å²) < 4.78 is 0. The van der Waals surface area contributed by atoms with Gasteiger partial charge in [-0.1, -0.05) is 39.0 Å². The van der Waals surface area contributed by atoms with Crippen LogP contribution in [0.4, 0.5) is 11.4 Å². The minimum absolute atomic E-state index is 0. The fourth-order valence-electron chi connectivity index (χ4n) is 3.13. The highest BCUT2D eigenvalue weighted by molar-refractivity contribution is 6.07. The Morgan fingerprint density at radius 3 is 2.38 bits per heavy atom. The molecule has 0 fully saturated rings. The number of halogens is 1. The molecule has 0 spiro atoms. The predicted molar refractivity (Wildman–Crippen MR) is 103 cm³/mol. The quantitative estimate of drug-likeness (QED) is 0.769. The highest BCUT2D eigenvalue weighted by Gasteiger charge is 2.25. The molecule has 0 aliphatic carbocycles. The van der Waals surface area contributed by atoms with Crippen LogP contribution in [0.5, 0.6) is 0 Å². The second kappa shape index (κ2) is 6.86. The number of hydrogen-bond acceptors (Lipinski definition) is 2. The number of carbonyl (C=O) groups excluding carboxylic acids is 1. The van der Waals surface area contributed by atoms with Gasteiger partial charge >= 0.3 is 0 Å². The highest BCUT2D eigenvalue weighted by atomic mass is 35.5. The molecular formula is C20H25ClN2O. The number of nitrogen functional groups attached to an aromatic ring is 1. The summed E-state index contributed by atoms with van der Waals surface area (Å²) in [6.07, 6.45) is 1.89. The van der Waals surface area contributed by atoms with Gasteiger partial charge in [0.2, 0.25) is 0 Å². The van der Waals surface area contributed by atoms with E-state index in [0.717, 1.165) is 41.9 Å². The molecule has 0 aromatic heterocycles. The van der Waals surface area contributed by atoms with Crippen molar-refractivity contribution in [1.82, 2.24) is 0 Å². The van der Waals surface area contributed by atoms with Gasteiger partial charge in [-0.3, -0.25) is 4.79 Å². The predicted octanol–water partition coefficient (Wildman–Crippen LogP) is 4.58. The van der Waals surface area contributed by atoms with Crippen LogP contribution in [0.15, 0.2) is 42.5 Å². The van der Waals surface area contributed by atoms with Crippen molar-refractivity contribution in [3.8, 4) is 0 Å². The highest BCUT2D eigenvalue weighted by Crippen LogP contribution is 2.32. The third-order valence-electron chi connectivity index (χ3n) is 4.53. The fraction of sp³-hybridized carbons (Fsp3) is 0.350. The van der Waals surface area contributed by atoms with Gasteiger partial charge in [0.15, 0.2) is 0 Å². The number of rotatable bonds is 1. The molecule has 1 aliphatic rings. The van der Waals surface area contributed by atoms with Crippen molar-refractivity contribution in [1.29, 1.82) is 0 Å². The van der Waals surface area contributed by atoms with E-state index < -0.39 is 0 Å². The molecule has 24 heavy (non-hydrogen) atoms. The maximum Gasteiger partial charge on any atom is 0.258 e. The van der Waals surface area contributed by atoms with Crippen LogP contribution < -0.4 is 10.6 Å². The van der Waals surface area contributed by atoms with E-state index in [0.29, 0.717) is 0 Å². The van der Waals surface area contributed by atoms with E-state index >= 15 is 0 Å². The summed E-state index contributed by atoms with van der Waals surface area (Å²) in [5.74, 6) is 0.0528. The lowest BCUT2D eigenvalue weighted by Gasteiger charge is -2.30. The molecule has 1 heterocycles. The second-order valence-corrected chi connectivity index (χ2v) is 7.23. The van der Waals surface area contributed by atoms with Crippen LogP contribution in [0.1, 0.15) is 48.7 Å². The van der Waals surface area contributed by atoms with Crippen molar-refractivity contribution in [2.24, 2.45) is 0 Å². The summed E-state index contributed by atoms with van der Waals surface area (Å²) in [4.78, 5) is 14.8. The lowest BCUT2D eigenvalue weighted by atomic mass is 9.86. The maximum atomic E-state index is 12.9. The van der Waals surface area contributed by atoms with Crippen LogP contribution in [0.25, 0.3) is 0 Å². The molecule has 1 aliphatic heterocycles. The summed E-state index contributed by atoms with van der Waals surface area (Å²) in [5.41, 5.74) is 11.0. The summed E-state index contributed by atoms with van der Waals surface area (Å²) in [6.45, 7) is 7.27. The number of carbonyl (C=O) groups is 1. The van der Waals surface area contributed by atoms with Crippen molar-refractivity contribution in [2.75, 3.05) is 17.2 Å². The largest absolute Gasteiger partial charge is 0.398 e. The Morgan fingerprint density at radius 2 is 1.75 bits per heavy atom. The molecule has 0 unspecified atom stereocenters. The number of amides is 1. The van der Waals surface area contributed by atoms with Crippen LogP contribution >= 0.6 is 12.4 Å². The Bertz CT molecular complexity index is 732. The molecule has 128 valence electrons. The number of anilines is 2. The lowest BCUT2D eigenvalue weighted by molar-refractivity contribution is 0.0985. The molecule has 0 saturated carbocycles. The smallest absolute Gasteiger partial charge is 0.258 e. The van der Waals surface area contributed by atoms with E-state index in [4.69, 9.17) is 5.73 Å². The Morgan fingerprint density at radius 1 is 1.08 bits per heavy atom. The topological polar surface area (TPSA) is 46.3 Å². The zero-order valence-electron chi connectivity index (χ0n) is 14.5. The van der Waals surface area contributed by atoms with E-state index in [1.54, 1.807) is 0 Å². The number of fused-ring (bicyclic) bond motifs is 1. The number of benzene rings is 2. The first-order valence-electron chi connectivity index (χ1n) is 8.18. The molecule has 0 radical (unpaired) electrons. The Labute approximate surface area is 150 Å². The number of hydrogen-bond donors (Lipinski definition) is 1. The van der Waals surface area contributed by atoms with Crippen molar-refractivity contribution < 1.29 is 4.79 Å². The number of nitrogens with zero attached hydrogens (tertiary/aromatic N) is 1. The van der Waals surface area contributed by atoms with Gasteiger partial charge < -0.3 is 10.6 Å². The molecule has 0 bridgehead atoms. The van der Waals surface area contributed by atoms with Gasteiger partial charge in [0.1, 0.15) is 0 Å². The lowest BCUT2D eigenvalue weighted by Crippen LogP contribution is -2.35. The SMILES string of the molecule is CC(C)(C)c1ccc(C(=O)N2CCCc3c(N)cccc32)cc1.Cl. The van der Waals surface area contributed by atoms with Gasteiger partial charge in [-0.2, -0.15) is 0 Å². The Kier molecular flexibility index (Phi) is 5.24. The van der Waals surface area contributed by atoms with Gasteiger partial charge in [-0.15, -0.1) is 12.4 Å². The van der Waals surface area contributed by atoms with Crippen molar-refractivity contribution in [3.63, 3.8) is 0 Å². The van der Waals surface area contributed by atoms with E-state index in [-0.39, 0.29) is 23.7 Å².